The first kappa shape index (κ1) is 24.4. The number of amides is 1. The van der Waals surface area contributed by atoms with Crippen molar-refractivity contribution in [1.82, 2.24) is 14.9 Å². The summed E-state index contributed by atoms with van der Waals surface area (Å²) in [5.41, 5.74) is 1.62. The summed E-state index contributed by atoms with van der Waals surface area (Å²) in [5.74, 6) is 0.115. The van der Waals surface area contributed by atoms with Gasteiger partial charge in [-0.15, -0.1) is 0 Å². The van der Waals surface area contributed by atoms with Crippen molar-refractivity contribution in [2.45, 2.75) is 12.2 Å². The first-order chi connectivity index (χ1) is 17.5. The molecular formula is C25H25ClFN5O4. The number of aromatic nitrogens is 2. The maximum Gasteiger partial charge on any atom is 0.248 e. The number of nitrogens with one attached hydrogen (secondary N) is 2. The van der Waals surface area contributed by atoms with Gasteiger partial charge in [-0.25, -0.2) is 14.4 Å². The number of methoxy groups -OCH3 is 1. The maximum absolute atomic E-state index is 13.5. The van der Waals surface area contributed by atoms with Crippen LogP contribution in [0.5, 0.6) is 5.75 Å². The molecule has 188 valence electrons. The van der Waals surface area contributed by atoms with Crippen LogP contribution in [0.3, 0.4) is 0 Å². The van der Waals surface area contributed by atoms with Crippen molar-refractivity contribution in [2.75, 3.05) is 50.6 Å². The average molecular weight is 514 g/mol. The Labute approximate surface area is 212 Å². The molecule has 3 heterocycles. The third kappa shape index (κ3) is 5.41. The second-order valence-corrected chi connectivity index (χ2v) is 8.88. The van der Waals surface area contributed by atoms with Gasteiger partial charge < -0.3 is 24.8 Å². The summed E-state index contributed by atoms with van der Waals surface area (Å²) in [6.07, 6.45) is 4.90. The first-order valence-electron chi connectivity index (χ1n) is 11.5. The summed E-state index contributed by atoms with van der Waals surface area (Å²) < 4.78 is 30.5. The molecule has 2 N–H and O–H groups in total. The molecule has 0 aliphatic carbocycles. The highest BCUT2D eigenvalue weighted by atomic mass is 35.5. The molecule has 5 rings (SSSR count). The first-order valence-corrected chi connectivity index (χ1v) is 11.9. The lowest BCUT2D eigenvalue weighted by molar-refractivity contribution is -0.116. The summed E-state index contributed by atoms with van der Waals surface area (Å²) in [5, 5.41) is 6.62. The van der Waals surface area contributed by atoms with E-state index in [0.717, 1.165) is 13.1 Å². The number of halogens is 2. The predicted molar refractivity (Wildman–Crippen MR) is 134 cm³/mol. The van der Waals surface area contributed by atoms with Crippen LogP contribution in [-0.4, -0.2) is 72.9 Å². The molecule has 0 radical (unpaired) electrons. The fourth-order valence-corrected chi connectivity index (χ4v) is 4.51. The number of benzene rings is 2. The second kappa shape index (κ2) is 10.8. The standard InChI is InChI=1S/C25H25ClFN5O4/c1-34-21-11-19-16(25(29-14-28-19)30-15-4-5-18(27)17(26)9-15)10-20(21)31-24(33)3-2-6-32-12-22-23(13-32)36-8-7-35-22/h2-5,9-11,14,22-23H,6-8,12-13H2,1H3,(H,31,33)(H,28,29,30)/b3-2+/t22-,23-/m0/s1. The van der Waals surface area contributed by atoms with E-state index < -0.39 is 5.82 Å². The smallest absolute Gasteiger partial charge is 0.248 e. The monoisotopic (exact) mass is 513 g/mol. The normalized spacial score (nSPS) is 20.0. The second-order valence-electron chi connectivity index (χ2n) is 8.47. The lowest BCUT2D eigenvalue weighted by Crippen LogP contribution is -2.36. The van der Waals surface area contributed by atoms with Crippen molar-refractivity contribution < 1.29 is 23.4 Å². The lowest BCUT2D eigenvalue weighted by Gasteiger charge is -2.24. The van der Waals surface area contributed by atoms with E-state index in [4.69, 9.17) is 25.8 Å². The fraction of sp³-hybridized carbons (Fsp3) is 0.320. The minimum atomic E-state index is -0.512. The van der Waals surface area contributed by atoms with Crippen LogP contribution in [0.1, 0.15) is 0 Å². The van der Waals surface area contributed by atoms with E-state index in [-0.39, 0.29) is 23.1 Å². The van der Waals surface area contributed by atoms with E-state index in [1.54, 1.807) is 18.2 Å². The van der Waals surface area contributed by atoms with Crippen LogP contribution < -0.4 is 15.4 Å². The number of hydrogen-bond acceptors (Lipinski definition) is 8. The molecule has 1 amide bonds. The highest BCUT2D eigenvalue weighted by Gasteiger charge is 2.35. The van der Waals surface area contributed by atoms with Gasteiger partial charge in [0.05, 0.1) is 48.8 Å². The Morgan fingerprint density at radius 2 is 2.00 bits per heavy atom. The Kier molecular flexibility index (Phi) is 7.28. The molecule has 0 saturated carbocycles. The number of anilines is 3. The number of carbonyl (C=O) groups is 1. The van der Waals surface area contributed by atoms with Crippen molar-refractivity contribution in [3.8, 4) is 5.75 Å². The third-order valence-corrected chi connectivity index (χ3v) is 6.36. The quantitative estimate of drug-likeness (QED) is 0.461. The van der Waals surface area contributed by atoms with Gasteiger partial charge in [0, 0.05) is 42.9 Å². The highest BCUT2D eigenvalue weighted by molar-refractivity contribution is 6.31. The fourth-order valence-electron chi connectivity index (χ4n) is 4.33. The molecule has 2 fully saturated rings. The summed E-state index contributed by atoms with van der Waals surface area (Å²) in [6, 6.07) is 7.73. The number of likely N-dealkylation sites (tertiary alicyclic amines) is 1. The van der Waals surface area contributed by atoms with E-state index in [0.29, 0.717) is 53.6 Å². The lowest BCUT2D eigenvalue weighted by atomic mass is 10.1. The molecule has 9 nitrogen and oxygen atoms in total. The van der Waals surface area contributed by atoms with Gasteiger partial charge in [-0.2, -0.15) is 0 Å². The average Bonchev–Trinajstić information content (AvgIpc) is 3.29. The van der Waals surface area contributed by atoms with Crippen molar-refractivity contribution >= 4 is 45.6 Å². The summed E-state index contributed by atoms with van der Waals surface area (Å²) in [7, 11) is 1.52. The van der Waals surface area contributed by atoms with Crippen LogP contribution in [0.4, 0.5) is 21.6 Å². The van der Waals surface area contributed by atoms with Crippen LogP contribution in [0.2, 0.25) is 5.02 Å². The Hall–Kier alpha value is -3.31. The highest BCUT2D eigenvalue weighted by Crippen LogP contribution is 2.33. The van der Waals surface area contributed by atoms with Crippen LogP contribution >= 0.6 is 11.6 Å². The molecule has 2 atom stereocenters. The molecule has 2 aliphatic rings. The van der Waals surface area contributed by atoms with Crippen LogP contribution in [0.15, 0.2) is 48.8 Å². The summed E-state index contributed by atoms with van der Waals surface area (Å²) in [6.45, 7) is 3.43. The zero-order valence-corrected chi connectivity index (χ0v) is 20.3. The number of hydrogen-bond donors (Lipinski definition) is 2. The third-order valence-electron chi connectivity index (χ3n) is 6.07. The number of ether oxygens (including phenoxy) is 3. The molecule has 0 bridgehead atoms. The zero-order chi connectivity index (χ0) is 25.1. The predicted octanol–water partition coefficient (Wildman–Crippen LogP) is 3.77. The molecule has 0 unspecified atom stereocenters. The Morgan fingerprint density at radius 1 is 1.22 bits per heavy atom. The molecular weight excluding hydrogens is 489 g/mol. The van der Waals surface area contributed by atoms with E-state index in [1.165, 1.54) is 31.6 Å². The van der Waals surface area contributed by atoms with Crippen molar-refractivity contribution in [2.24, 2.45) is 0 Å². The molecule has 2 aromatic carbocycles. The zero-order valence-electron chi connectivity index (χ0n) is 19.5. The summed E-state index contributed by atoms with van der Waals surface area (Å²) >= 11 is 5.90. The molecule has 1 aromatic heterocycles. The van der Waals surface area contributed by atoms with Crippen LogP contribution in [0, 0.1) is 5.82 Å². The minimum Gasteiger partial charge on any atom is -0.494 e. The van der Waals surface area contributed by atoms with Gasteiger partial charge >= 0.3 is 0 Å². The van der Waals surface area contributed by atoms with Crippen molar-refractivity contribution in [3.05, 3.63) is 59.7 Å². The SMILES string of the molecule is COc1cc2ncnc(Nc3ccc(F)c(Cl)c3)c2cc1NC(=O)/C=C/CN1C[C@@H]2OCCO[C@H]2C1. The van der Waals surface area contributed by atoms with E-state index in [9.17, 15) is 9.18 Å². The Bertz CT molecular complexity index is 1290. The Balaban J connectivity index is 1.30. The van der Waals surface area contributed by atoms with E-state index in [1.807, 2.05) is 6.08 Å². The number of fused-ring (bicyclic) bond motifs is 2. The van der Waals surface area contributed by atoms with Gasteiger partial charge in [0.25, 0.3) is 0 Å². The molecule has 2 aliphatic heterocycles. The summed E-state index contributed by atoms with van der Waals surface area (Å²) in [4.78, 5) is 23.5. The molecule has 3 aromatic rings. The topological polar surface area (TPSA) is 97.8 Å². The Morgan fingerprint density at radius 3 is 2.72 bits per heavy atom. The van der Waals surface area contributed by atoms with Gasteiger partial charge in [-0.1, -0.05) is 17.7 Å². The largest absolute Gasteiger partial charge is 0.494 e. The van der Waals surface area contributed by atoms with E-state index >= 15 is 0 Å². The van der Waals surface area contributed by atoms with Crippen molar-refractivity contribution in [3.63, 3.8) is 0 Å². The van der Waals surface area contributed by atoms with Gasteiger partial charge in [-0.3, -0.25) is 9.69 Å². The number of rotatable bonds is 7. The molecule has 36 heavy (non-hydrogen) atoms. The number of carbonyl (C=O) groups excluding carboxylic acids is 1. The van der Waals surface area contributed by atoms with Crippen LogP contribution in [-0.2, 0) is 14.3 Å². The molecule has 2 saturated heterocycles. The van der Waals surface area contributed by atoms with Gasteiger partial charge in [0.1, 0.15) is 23.7 Å². The van der Waals surface area contributed by atoms with E-state index in [2.05, 4.69) is 25.5 Å². The van der Waals surface area contributed by atoms with Gasteiger partial charge in [-0.05, 0) is 24.3 Å². The van der Waals surface area contributed by atoms with Gasteiger partial charge in [0.2, 0.25) is 5.91 Å². The number of nitrogens with zero attached hydrogens (tertiary/aromatic N) is 3. The van der Waals surface area contributed by atoms with Crippen LogP contribution in [0.25, 0.3) is 10.9 Å². The molecule has 0 spiro atoms. The minimum absolute atomic E-state index is 0.00693. The maximum atomic E-state index is 13.5. The van der Waals surface area contributed by atoms with Crippen molar-refractivity contribution in [1.29, 1.82) is 0 Å². The molecule has 11 heteroatoms. The van der Waals surface area contributed by atoms with Gasteiger partial charge in [0.15, 0.2) is 0 Å².